The zero-order chi connectivity index (χ0) is 21.2. The minimum Gasteiger partial charge on any atom is -0.355 e. The lowest BCUT2D eigenvalue weighted by atomic mass is 9.95. The molecule has 0 fully saturated rings. The molecule has 6 nitrogen and oxygen atoms in total. The molecule has 0 bridgehead atoms. The van der Waals surface area contributed by atoms with Crippen LogP contribution >= 0.6 is 0 Å². The lowest BCUT2D eigenvalue weighted by molar-refractivity contribution is -0.162. The van der Waals surface area contributed by atoms with Gasteiger partial charge < -0.3 is 14.8 Å². The molecule has 2 amide bonds. The van der Waals surface area contributed by atoms with Gasteiger partial charge in [-0.3, -0.25) is 14.4 Å². The predicted molar refractivity (Wildman–Crippen MR) is 99.4 cm³/mol. The maximum atomic E-state index is 12.9. The summed E-state index contributed by atoms with van der Waals surface area (Å²) in [5, 5.41) is 2.45. The Morgan fingerprint density at radius 2 is 1.86 bits per heavy atom. The minimum absolute atomic E-state index is 0.0219. The summed E-state index contributed by atoms with van der Waals surface area (Å²) in [7, 11) is 1.41. The lowest BCUT2D eigenvalue weighted by Gasteiger charge is -2.30. The number of fused-ring (bicyclic) bond motifs is 1. The Kier molecular flexibility index (Phi) is 5.76. The van der Waals surface area contributed by atoms with Crippen LogP contribution in [0.1, 0.15) is 33.5 Å². The summed E-state index contributed by atoms with van der Waals surface area (Å²) in [6, 6.07) is 9.11. The van der Waals surface area contributed by atoms with Crippen LogP contribution < -0.4 is 10.9 Å². The van der Waals surface area contributed by atoms with Crippen molar-refractivity contribution in [2.24, 2.45) is 0 Å². The number of hydrogen-bond acceptors (Lipinski definition) is 3. The number of aromatic nitrogens is 1. The van der Waals surface area contributed by atoms with Crippen LogP contribution in [0, 0.1) is 0 Å². The Morgan fingerprint density at radius 1 is 1.17 bits per heavy atom. The van der Waals surface area contributed by atoms with E-state index in [1.54, 1.807) is 0 Å². The molecule has 1 aromatic heterocycles. The van der Waals surface area contributed by atoms with Gasteiger partial charge in [0.15, 0.2) is 0 Å². The predicted octanol–water partition coefficient (Wildman–Crippen LogP) is 2.09. The number of nitrogens with one attached hydrogen (secondary N) is 1. The molecule has 0 aliphatic carbocycles. The molecule has 0 unspecified atom stereocenters. The van der Waals surface area contributed by atoms with E-state index in [4.69, 9.17) is 0 Å². The van der Waals surface area contributed by atoms with Crippen LogP contribution in [0.3, 0.4) is 0 Å². The molecular weight excluding hydrogens is 387 g/mol. The van der Waals surface area contributed by atoms with Crippen molar-refractivity contribution in [3.05, 3.63) is 69.1 Å². The third kappa shape index (κ3) is 4.67. The van der Waals surface area contributed by atoms with Crippen molar-refractivity contribution in [2.75, 3.05) is 13.6 Å². The zero-order valence-electron chi connectivity index (χ0n) is 15.8. The van der Waals surface area contributed by atoms with Gasteiger partial charge in [0.2, 0.25) is 5.91 Å². The quantitative estimate of drug-likeness (QED) is 0.844. The normalized spacial score (nSPS) is 13.7. The molecule has 1 N–H and O–H groups in total. The number of alkyl halides is 3. The minimum atomic E-state index is -4.59. The fourth-order valence-electron chi connectivity index (χ4n) is 3.46. The number of benzene rings is 1. The second kappa shape index (κ2) is 8.10. The van der Waals surface area contributed by atoms with Gasteiger partial charge in [-0.25, -0.2) is 0 Å². The van der Waals surface area contributed by atoms with Crippen molar-refractivity contribution >= 4 is 11.8 Å². The van der Waals surface area contributed by atoms with E-state index >= 15 is 0 Å². The standard InChI is InChI=1S/C20H20F3N3O3/c1-24-18(28)17-15-7-8-25(16(27)9-20(21,22)23)11-14(15)12-26(19(17)29)10-13-5-3-2-4-6-13/h2-6,12H,7-11H2,1H3,(H,24,28). The van der Waals surface area contributed by atoms with E-state index in [9.17, 15) is 27.6 Å². The van der Waals surface area contributed by atoms with Gasteiger partial charge in [0, 0.05) is 26.3 Å². The molecule has 0 atom stereocenters. The fourth-order valence-corrected chi connectivity index (χ4v) is 3.46. The smallest absolute Gasteiger partial charge is 0.355 e. The molecule has 1 aliphatic heterocycles. The second-order valence-corrected chi connectivity index (χ2v) is 6.86. The van der Waals surface area contributed by atoms with Crippen molar-refractivity contribution in [3.8, 4) is 0 Å². The molecule has 0 saturated carbocycles. The number of hydrogen-bond donors (Lipinski definition) is 1. The van der Waals surface area contributed by atoms with Gasteiger partial charge >= 0.3 is 6.18 Å². The largest absolute Gasteiger partial charge is 0.397 e. The van der Waals surface area contributed by atoms with E-state index < -0.39 is 30.0 Å². The van der Waals surface area contributed by atoms with Crippen molar-refractivity contribution in [2.45, 2.75) is 32.1 Å². The Morgan fingerprint density at radius 3 is 2.48 bits per heavy atom. The molecule has 0 radical (unpaired) electrons. The van der Waals surface area contributed by atoms with Gasteiger partial charge in [-0.15, -0.1) is 0 Å². The molecule has 29 heavy (non-hydrogen) atoms. The molecule has 0 spiro atoms. The topological polar surface area (TPSA) is 71.4 Å². The Labute approximate surface area is 164 Å². The molecule has 1 aromatic carbocycles. The first-order valence-electron chi connectivity index (χ1n) is 9.05. The molecule has 0 saturated heterocycles. The summed E-state index contributed by atoms with van der Waals surface area (Å²) in [5.41, 5.74) is 1.32. The first-order chi connectivity index (χ1) is 13.7. The fraction of sp³-hybridized carbons (Fsp3) is 0.350. The van der Waals surface area contributed by atoms with Crippen molar-refractivity contribution in [3.63, 3.8) is 0 Å². The highest BCUT2D eigenvalue weighted by Crippen LogP contribution is 2.25. The number of halogens is 3. The molecule has 1 aliphatic rings. The van der Waals surface area contributed by atoms with Crippen molar-refractivity contribution in [1.29, 1.82) is 0 Å². The van der Waals surface area contributed by atoms with Crippen LogP contribution in [-0.2, 0) is 24.3 Å². The number of carbonyl (C=O) groups excluding carboxylic acids is 2. The van der Waals surface area contributed by atoms with E-state index in [1.165, 1.54) is 17.8 Å². The summed E-state index contributed by atoms with van der Waals surface area (Å²) in [6.45, 7) is 0.144. The SMILES string of the molecule is CNC(=O)c1c2c(cn(Cc3ccccc3)c1=O)CN(C(=O)CC(F)(F)F)CC2. The van der Waals surface area contributed by atoms with Gasteiger partial charge in [0.05, 0.1) is 6.54 Å². The number of pyridine rings is 1. The average Bonchev–Trinajstić information content (AvgIpc) is 2.67. The molecule has 2 aromatic rings. The molecule has 2 heterocycles. The van der Waals surface area contributed by atoms with Gasteiger partial charge in [0.1, 0.15) is 12.0 Å². The summed E-state index contributed by atoms with van der Waals surface area (Å²) in [6.07, 6.45) is -4.45. The summed E-state index contributed by atoms with van der Waals surface area (Å²) in [4.78, 5) is 38.4. The van der Waals surface area contributed by atoms with Crippen LogP contribution in [0.5, 0.6) is 0 Å². The Balaban J connectivity index is 2.00. The Bertz CT molecular complexity index is 984. The van der Waals surface area contributed by atoms with Gasteiger partial charge in [-0.05, 0) is 23.1 Å². The zero-order valence-corrected chi connectivity index (χ0v) is 15.8. The molecule has 3 rings (SSSR count). The van der Waals surface area contributed by atoms with Gasteiger partial charge in [-0.1, -0.05) is 30.3 Å². The maximum Gasteiger partial charge on any atom is 0.397 e. The average molecular weight is 407 g/mol. The van der Waals surface area contributed by atoms with Crippen molar-refractivity contribution in [1.82, 2.24) is 14.8 Å². The highest BCUT2D eigenvalue weighted by Gasteiger charge is 2.35. The van der Waals surface area contributed by atoms with E-state index in [0.717, 1.165) is 10.5 Å². The molecule has 154 valence electrons. The monoisotopic (exact) mass is 407 g/mol. The summed E-state index contributed by atoms with van der Waals surface area (Å²) in [5.74, 6) is -1.57. The first kappa shape index (κ1) is 20.6. The van der Waals surface area contributed by atoms with E-state index in [1.807, 2.05) is 30.3 Å². The summed E-state index contributed by atoms with van der Waals surface area (Å²) < 4.78 is 39.1. The second-order valence-electron chi connectivity index (χ2n) is 6.86. The number of rotatable bonds is 4. The first-order valence-corrected chi connectivity index (χ1v) is 9.05. The summed E-state index contributed by atoms with van der Waals surface area (Å²) >= 11 is 0. The van der Waals surface area contributed by atoms with Gasteiger partial charge in [0.25, 0.3) is 11.5 Å². The van der Waals surface area contributed by atoms with E-state index in [-0.39, 0.29) is 31.6 Å². The number of amides is 2. The van der Waals surface area contributed by atoms with E-state index in [0.29, 0.717) is 11.1 Å². The lowest BCUT2D eigenvalue weighted by Crippen LogP contribution is -2.42. The van der Waals surface area contributed by atoms with Crippen molar-refractivity contribution < 1.29 is 22.8 Å². The van der Waals surface area contributed by atoms with E-state index in [2.05, 4.69) is 5.32 Å². The van der Waals surface area contributed by atoms with Gasteiger partial charge in [-0.2, -0.15) is 13.2 Å². The number of nitrogens with zero attached hydrogens (tertiary/aromatic N) is 2. The third-order valence-electron chi connectivity index (χ3n) is 4.82. The highest BCUT2D eigenvalue weighted by molar-refractivity contribution is 5.95. The van der Waals surface area contributed by atoms with Crippen LogP contribution in [0.2, 0.25) is 0 Å². The third-order valence-corrected chi connectivity index (χ3v) is 4.82. The highest BCUT2D eigenvalue weighted by atomic mass is 19.4. The number of carbonyl (C=O) groups is 2. The van der Waals surface area contributed by atoms with Crippen LogP contribution in [0.15, 0.2) is 41.3 Å². The van der Waals surface area contributed by atoms with Crippen LogP contribution in [0.4, 0.5) is 13.2 Å². The van der Waals surface area contributed by atoms with Crippen LogP contribution in [-0.4, -0.2) is 41.1 Å². The maximum absolute atomic E-state index is 12.9. The van der Waals surface area contributed by atoms with Crippen LogP contribution in [0.25, 0.3) is 0 Å². The Hall–Kier alpha value is -3.10. The molecule has 9 heteroatoms. The molecular formula is C20H20F3N3O3.